The average Bonchev–Trinajstić information content (AvgIpc) is 2.82. The van der Waals surface area contributed by atoms with Gasteiger partial charge in [-0.2, -0.15) is 0 Å². The van der Waals surface area contributed by atoms with Crippen molar-refractivity contribution in [2.24, 2.45) is 11.8 Å². The lowest BCUT2D eigenvalue weighted by atomic mass is 9.75. The molecule has 0 aromatic heterocycles. The predicted molar refractivity (Wildman–Crippen MR) is 127 cm³/mol. The summed E-state index contributed by atoms with van der Waals surface area (Å²) in [5.41, 5.74) is 2.13. The summed E-state index contributed by atoms with van der Waals surface area (Å²) < 4.78 is 49.4. The molecule has 0 saturated heterocycles. The van der Waals surface area contributed by atoms with Gasteiger partial charge in [0.2, 0.25) is 0 Å². The van der Waals surface area contributed by atoms with E-state index in [0.29, 0.717) is 35.3 Å². The summed E-state index contributed by atoms with van der Waals surface area (Å²) in [5, 5.41) is 0. The SMILES string of the molecule is CCOc1ccc(CCC2CCC(c3ccc(C4CCC(C)CC4)c(F)c3F)CC2)cc1F. The summed E-state index contributed by atoms with van der Waals surface area (Å²) in [6, 6.07) is 8.94. The van der Waals surface area contributed by atoms with Gasteiger partial charge in [0.05, 0.1) is 6.61 Å². The summed E-state index contributed by atoms with van der Waals surface area (Å²) in [7, 11) is 0. The van der Waals surface area contributed by atoms with Crippen molar-refractivity contribution in [3.63, 3.8) is 0 Å². The molecule has 180 valence electrons. The molecule has 1 nitrogen and oxygen atoms in total. The van der Waals surface area contributed by atoms with E-state index in [2.05, 4.69) is 6.92 Å². The molecule has 0 spiro atoms. The Hall–Kier alpha value is -1.97. The molecule has 0 aliphatic heterocycles. The second kappa shape index (κ2) is 11.0. The van der Waals surface area contributed by atoms with Crippen molar-refractivity contribution in [3.05, 3.63) is 64.5 Å². The van der Waals surface area contributed by atoms with Crippen molar-refractivity contribution in [1.29, 1.82) is 0 Å². The molecule has 2 aliphatic carbocycles. The smallest absolute Gasteiger partial charge is 0.165 e. The van der Waals surface area contributed by atoms with Gasteiger partial charge in [-0.1, -0.05) is 38.0 Å². The Morgan fingerprint density at radius 1 is 0.788 bits per heavy atom. The highest BCUT2D eigenvalue weighted by atomic mass is 19.2. The van der Waals surface area contributed by atoms with E-state index in [1.807, 2.05) is 25.1 Å². The van der Waals surface area contributed by atoms with Crippen LogP contribution in [-0.4, -0.2) is 6.61 Å². The molecule has 0 unspecified atom stereocenters. The number of ether oxygens (including phenoxy) is 1. The molecule has 2 saturated carbocycles. The van der Waals surface area contributed by atoms with E-state index >= 15 is 4.39 Å². The minimum atomic E-state index is -0.612. The lowest BCUT2D eigenvalue weighted by molar-refractivity contribution is 0.303. The number of rotatable bonds is 7. The van der Waals surface area contributed by atoms with Gasteiger partial charge in [-0.3, -0.25) is 0 Å². The van der Waals surface area contributed by atoms with Crippen LogP contribution in [0.25, 0.3) is 0 Å². The molecule has 2 fully saturated rings. The molecular weight excluding hydrogens is 421 g/mol. The first-order chi connectivity index (χ1) is 16.0. The lowest BCUT2D eigenvalue weighted by Gasteiger charge is -2.30. The van der Waals surface area contributed by atoms with E-state index < -0.39 is 11.6 Å². The maximum atomic E-state index is 15.0. The summed E-state index contributed by atoms with van der Waals surface area (Å²) in [6.07, 6.45) is 9.73. The fourth-order valence-electron chi connectivity index (χ4n) is 5.89. The largest absolute Gasteiger partial charge is 0.491 e. The summed E-state index contributed by atoms with van der Waals surface area (Å²) in [6.45, 7) is 4.53. The summed E-state index contributed by atoms with van der Waals surface area (Å²) >= 11 is 0. The van der Waals surface area contributed by atoms with Gasteiger partial charge in [-0.25, -0.2) is 13.2 Å². The quantitative estimate of drug-likeness (QED) is 0.403. The van der Waals surface area contributed by atoms with E-state index in [0.717, 1.165) is 69.8 Å². The third-order valence-electron chi connectivity index (χ3n) is 8.02. The Morgan fingerprint density at radius 3 is 1.91 bits per heavy atom. The number of halogens is 3. The van der Waals surface area contributed by atoms with E-state index in [-0.39, 0.29) is 17.7 Å². The standard InChI is InChI=1S/C29H37F3O/c1-3-33-27-17-10-21(18-26(27)30)7-6-20-8-13-23(14-9-20)25-16-15-24(28(31)29(25)32)22-11-4-19(2)5-12-22/h10,15-20,22-23H,3-9,11-14H2,1-2H3. The van der Waals surface area contributed by atoms with Crippen LogP contribution < -0.4 is 4.74 Å². The number of hydrogen-bond donors (Lipinski definition) is 0. The maximum Gasteiger partial charge on any atom is 0.165 e. The molecule has 2 aromatic rings. The minimum Gasteiger partial charge on any atom is -0.491 e. The highest BCUT2D eigenvalue weighted by Crippen LogP contribution is 2.42. The molecular formula is C29H37F3O. The van der Waals surface area contributed by atoms with Gasteiger partial charge in [0.15, 0.2) is 23.2 Å². The molecule has 0 bridgehead atoms. The molecule has 0 amide bonds. The Morgan fingerprint density at radius 2 is 1.36 bits per heavy atom. The van der Waals surface area contributed by atoms with Crippen molar-refractivity contribution < 1.29 is 17.9 Å². The van der Waals surface area contributed by atoms with Crippen molar-refractivity contribution in [2.75, 3.05) is 6.61 Å². The second-order valence-corrected chi connectivity index (χ2v) is 10.3. The Kier molecular flexibility index (Phi) is 8.03. The van der Waals surface area contributed by atoms with E-state index in [1.165, 1.54) is 0 Å². The first-order valence-corrected chi connectivity index (χ1v) is 12.8. The zero-order valence-corrected chi connectivity index (χ0v) is 20.0. The Labute approximate surface area is 196 Å². The third-order valence-corrected chi connectivity index (χ3v) is 8.02. The van der Waals surface area contributed by atoms with Crippen LogP contribution in [0.5, 0.6) is 5.75 Å². The van der Waals surface area contributed by atoms with Crippen LogP contribution in [0.3, 0.4) is 0 Å². The zero-order chi connectivity index (χ0) is 23.4. The second-order valence-electron chi connectivity index (χ2n) is 10.3. The highest BCUT2D eigenvalue weighted by molar-refractivity contribution is 5.32. The van der Waals surface area contributed by atoms with Gasteiger partial charge in [-0.15, -0.1) is 0 Å². The number of aryl methyl sites for hydroxylation is 1. The minimum absolute atomic E-state index is 0.0964. The normalized spacial score (nSPS) is 25.7. The molecule has 33 heavy (non-hydrogen) atoms. The molecule has 4 heteroatoms. The van der Waals surface area contributed by atoms with Crippen molar-refractivity contribution >= 4 is 0 Å². The molecule has 0 atom stereocenters. The van der Waals surface area contributed by atoms with E-state index in [9.17, 15) is 8.78 Å². The van der Waals surface area contributed by atoms with Crippen LogP contribution in [-0.2, 0) is 6.42 Å². The maximum absolute atomic E-state index is 15.0. The van der Waals surface area contributed by atoms with Gasteiger partial charge >= 0.3 is 0 Å². The Bertz CT molecular complexity index is 925. The van der Waals surface area contributed by atoms with E-state index in [4.69, 9.17) is 4.74 Å². The van der Waals surface area contributed by atoms with Crippen LogP contribution >= 0.6 is 0 Å². The van der Waals surface area contributed by atoms with Gasteiger partial charge in [0, 0.05) is 0 Å². The topological polar surface area (TPSA) is 9.23 Å². The van der Waals surface area contributed by atoms with Crippen molar-refractivity contribution in [1.82, 2.24) is 0 Å². The van der Waals surface area contributed by atoms with Gasteiger partial charge in [-0.05, 0) is 111 Å². The highest BCUT2D eigenvalue weighted by Gasteiger charge is 2.29. The van der Waals surface area contributed by atoms with Gasteiger partial charge in [0.25, 0.3) is 0 Å². The predicted octanol–water partition coefficient (Wildman–Crippen LogP) is 8.70. The van der Waals surface area contributed by atoms with Crippen molar-refractivity contribution in [2.45, 2.75) is 89.9 Å². The van der Waals surface area contributed by atoms with Crippen LogP contribution in [0.4, 0.5) is 13.2 Å². The van der Waals surface area contributed by atoms with Crippen LogP contribution in [0.2, 0.25) is 0 Å². The third kappa shape index (κ3) is 5.75. The molecule has 0 heterocycles. The monoisotopic (exact) mass is 458 g/mol. The van der Waals surface area contributed by atoms with Gasteiger partial charge in [0.1, 0.15) is 0 Å². The fraction of sp³-hybridized carbons (Fsp3) is 0.586. The molecule has 2 aromatic carbocycles. The average molecular weight is 459 g/mol. The first kappa shape index (κ1) is 24.2. The first-order valence-electron chi connectivity index (χ1n) is 12.8. The number of hydrogen-bond acceptors (Lipinski definition) is 1. The molecule has 0 radical (unpaired) electrons. The number of benzene rings is 2. The van der Waals surface area contributed by atoms with Crippen LogP contribution in [0.15, 0.2) is 30.3 Å². The summed E-state index contributed by atoms with van der Waals surface area (Å²) in [5.74, 6) is 0.282. The van der Waals surface area contributed by atoms with E-state index in [1.54, 1.807) is 12.1 Å². The molecule has 2 aliphatic rings. The molecule has 4 rings (SSSR count). The zero-order valence-electron chi connectivity index (χ0n) is 20.0. The lowest BCUT2D eigenvalue weighted by Crippen LogP contribution is -2.17. The summed E-state index contributed by atoms with van der Waals surface area (Å²) in [4.78, 5) is 0. The van der Waals surface area contributed by atoms with Crippen molar-refractivity contribution in [3.8, 4) is 5.75 Å². The Balaban J connectivity index is 1.31. The molecule has 0 N–H and O–H groups in total. The van der Waals surface area contributed by atoms with Gasteiger partial charge < -0.3 is 4.74 Å². The fourth-order valence-corrected chi connectivity index (χ4v) is 5.89. The van der Waals surface area contributed by atoms with Crippen LogP contribution in [0, 0.1) is 29.3 Å². The van der Waals surface area contributed by atoms with Crippen LogP contribution in [0.1, 0.15) is 100 Å².